The fraction of sp³-hybridized carbons (Fsp3) is 0.846. The molecule has 4 nitrogen and oxygen atoms in total. The van der Waals surface area contributed by atoms with Gasteiger partial charge >= 0.3 is 0 Å². The Balaban J connectivity index is 1.47. The fourth-order valence-corrected chi connectivity index (χ4v) is 5.27. The van der Waals surface area contributed by atoms with Crippen LogP contribution in [-0.2, 0) is 11.3 Å². The first-order valence-electron chi connectivity index (χ1n) is 6.93. The minimum absolute atomic E-state index is 0.162. The van der Waals surface area contributed by atoms with Gasteiger partial charge in [-0.05, 0) is 56.3 Å². The van der Waals surface area contributed by atoms with Crippen molar-refractivity contribution in [3.05, 3.63) is 5.01 Å². The topological polar surface area (TPSA) is 61.0 Å². The summed E-state index contributed by atoms with van der Waals surface area (Å²) in [5.41, 5.74) is 5.77. The van der Waals surface area contributed by atoms with Crippen LogP contribution in [0.15, 0.2) is 0 Å². The van der Waals surface area contributed by atoms with Crippen LogP contribution in [-0.4, -0.2) is 15.8 Å². The molecule has 0 amide bonds. The minimum Gasteiger partial charge on any atom is -0.374 e. The van der Waals surface area contributed by atoms with Crippen molar-refractivity contribution in [2.24, 2.45) is 17.8 Å². The summed E-state index contributed by atoms with van der Waals surface area (Å²) < 4.78 is 6.29. The molecule has 4 fully saturated rings. The Kier molecular flexibility index (Phi) is 2.42. The van der Waals surface area contributed by atoms with Crippen LogP contribution in [0.5, 0.6) is 0 Å². The van der Waals surface area contributed by atoms with E-state index >= 15 is 0 Å². The van der Waals surface area contributed by atoms with Crippen LogP contribution >= 0.6 is 11.3 Å². The molecule has 1 aromatic rings. The predicted molar refractivity (Wildman–Crippen MR) is 70.0 cm³/mol. The van der Waals surface area contributed by atoms with Crippen molar-refractivity contribution in [1.82, 2.24) is 10.2 Å². The minimum atomic E-state index is 0.162. The van der Waals surface area contributed by atoms with E-state index in [4.69, 9.17) is 10.5 Å². The molecule has 0 aliphatic heterocycles. The van der Waals surface area contributed by atoms with Gasteiger partial charge in [-0.1, -0.05) is 11.3 Å². The molecule has 4 aliphatic rings. The molecule has 2 N–H and O–H groups in total. The highest BCUT2D eigenvalue weighted by Crippen LogP contribution is 2.57. The summed E-state index contributed by atoms with van der Waals surface area (Å²) >= 11 is 1.45. The first kappa shape index (κ1) is 11.2. The first-order chi connectivity index (χ1) is 8.71. The quantitative estimate of drug-likeness (QED) is 0.912. The van der Waals surface area contributed by atoms with Crippen LogP contribution in [0.25, 0.3) is 0 Å². The lowest BCUT2D eigenvalue weighted by molar-refractivity contribution is -0.168. The van der Waals surface area contributed by atoms with Gasteiger partial charge in [-0.2, -0.15) is 0 Å². The average Bonchev–Trinajstić information content (AvgIpc) is 2.71. The second kappa shape index (κ2) is 3.90. The van der Waals surface area contributed by atoms with E-state index in [1.807, 2.05) is 0 Å². The summed E-state index contributed by atoms with van der Waals surface area (Å²) in [6, 6.07) is 0. The fourth-order valence-electron chi connectivity index (χ4n) is 4.75. The molecule has 4 saturated carbocycles. The standard InChI is InChI=1S/C13H19N3OS/c14-12-16-15-11(18-12)7-17-13-4-8-1-9(5-13)3-10(2-8)6-13/h8-10H,1-7H2,(H2,14,16). The van der Waals surface area contributed by atoms with Gasteiger partial charge in [-0.15, -0.1) is 10.2 Å². The molecule has 1 aromatic heterocycles. The second-order valence-corrected chi connectivity index (χ2v) is 7.52. The van der Waals surface area contributed by atoms with Gasteiger partial charge in [0.15, 0.2) is 0 Å². The zero-order valence-electron chi connectivity index (χ0n) is 10.5. The van der Waals surface area contributed by atoms with Gasteiger partial charge < -0.3 is 10.5 Å². The Labute approximate surface area is 111 Å². The van der Waals surface area contributed by atoms with Crippen molar-refractivity contribution >= 4 is 16.5 Å². The van der Waals surface area contributed by atoms with Crippen molar-refractivity contribution in [3.8, 4) is 0 Å². The number of anilines is 1. The molecule has 0 unspecified atom stereocenters. The summed E-state index contributed by atoms with van der Waals surface area (Å²) in [6.07, 6.45) is 8.17. The highest BCUT2D eigenvalue weighted by molar-refractivity contribution is 7.15. The number of nitrogens with two attached hydrogens (primary N) is 1. The summed E-state index contributed by atoms with van der Waals surface area (Å²) in [6.45, 7) is 0.598. The third-order valence-electron chi connectivity index (χ3n) is 4.97. The van der Waals surface area contributed by atoms with E-state index in [0.717, 1.165) is 22.8 Å². The highest BCUT2D eigenvalue weighted by atomic mass is 32.1. The molecule has 0 aromatic carbocycles. The SMILES string of the molecule is Nc1nnc(COC23CC4CC(CC(C4)C2)C3)s1. The number of hydrogen-bond donors (Lipinski definition) is 1. The van der Waals surface area contributed by atoms with E-state index in [1.54, 1.807) is 0 Å². The van der Waals surface area contributed by atoms with Gasteiger partial charge in [0.05, 0.1) is 5.60 Å². The molecular formula is C13H19N3OS. The zero-order valence-corrected chi connectivity index (χ0v) is 11.3. The van der Waals surface area contributed by atoms with Crippen LogP contribution in [0.1, 0.15) is 43.5 Å². The third kappa shape index (κ3) is 1.84. The van der Waals surface area contributed by atoms with Crippen molar-refractivity contribution in [3.63, 3.8) is 0 Å². The number of hydrogen-bond acceptors (Lipinski definition) is 5. The Morgan fingerprint density at radius 1 is 1.11 bits per heavy atom. The molecule has 4 aliphatic carbocycles. The van der Waals surface area contributed by atoms with Gasteiger partial charge in [0.1, 0.15) is 11.6 Å². The number of nitrogen functional groups attached to an aromatic ring is 1. The van der Waals surface area contributed by atoms with Gasteiger partial charge in [-0.25, -0.2) is 0 Å². The smallest absolute Gasteiger partial charge is 0.203 e. The van der Waals surface area contributed by atoms with Crippen LogP contribution < -0.4 is 5.73 Å². The van der Waals surface area contributed by atoms with Gasteiger partial charge in [0.2, 0.25) is 5.13 Å². The highest BCUT2D eigenvalue weighted by Gasteiger charge is 2.51. The van der Waals surface area contributed by atoms with Crippen molar-refractivity contribution in [1.29, 1.82) is 0 Å². The third-order valence-corrected chi connectivity index (χ3v) is 5.69. The summed E-state index contributed by atoms with van der Waals surface area (Å²) in [7, 11) is 0. The Morgan fingerprint density at radius 2 is 1.72 bits per heavy atom. The lowest BCUT2D eigenvalue weighted by atomic mass is 9.54. The number of ether oxygens (including phenoxy) is 1. The molecule has 4 bridgehead atoms. The summed E-state index contributed by atoms with van der Waals surface area (Å²) in [5, 5.41) is 9.36. The molecule has 5 rings (SSSR count). The van der Waals surface area contributed by atoms with Crippen molar-refractivity contribution in [2.45, 2.75) is 50.7 Å². The van der Waals surface area contributed by atoms with Gasteiger partial charge in [-0.3, -0.25) is 0 Å². The first-order valence-corrected chi connectivity index (χ1v) is 7.74. The molecule has 0 spiro atoms. The van der Waals surface area contributed by atoms with Crippen LogP contribution in [0, 0.1) is 17.8 Å². The Bertz CT molecular complexity index is 424. The zero-order chi connectivity index (χ0) is 12.2. The van der Waals surface area contributed by atoms with Crippen molar-refractivity contribution < 1.29 is 4.74 Å². The second-order valence-electron chi connectivity index (χ2n) is 6.42. The van der Waals surface area contributed by atoms with E-state index < -0.39 is 0 Å². The van der Waals surface area contributed by atoms with Gasteiger partial charge in [0, 0.05) is 0 Å². The normalized spacial score (nSPS) is 41.4. The number of rotatable bonds is 3. The molecule has 0 radical (unpaired) electrons. The molecule has 18 heavy (non-hydrogen) atoms. The maximum absolute atomic E-state index is 6.29. The predicted octanol–water partition coefficient (Wildman–Crippen LogP) is 2.61. The molecule has 5 heteroatoms. The molecule has 0 atom stereocenters. The molecular weight excluding hydrogens is 246 g/mol. The van der Waals surface area contributed by atoms with E-state index in [9.17, 15) is 0 Å². The largest absolute Gasteiger partial charge is 0.374 e. The summed E-state index contributed by atoms with van der Waals surface area (Å²) in [4.78, 5) is 0. The molecule has 0 saturated heterocycles. The van der Waals surface area contributed by atoms with Gasteiger partial charge in [0.25, 0.3) is 0 Å². The molecule has 98 valence electrons. The lowest BCUT2D eigenvalue weighted by Gasteiger charge is -2.56. The maximum atomic E-state index is 6.29. The number of nitrogens with zero attached hydrogens (tertiary/aromatic N) is 2. The van der Waals surface area contributed by atoms with E-state index in [1.165, 1.54) is 49.9 Å². The number of aromatic nitrogens is 2. The average molecular weight is 265 g/mol. The lowest BCUT2D eigenvalue weighted by Crippen LogP contribution is -2.51. The van der Waals surface area contributed by atoms with E-state index in [2.05, 4.69) is 10.2 Å². The summed E-state index contributed by atoms with van der Waals surface area (Å²) in [5.74, 6) is 2.78. The van der Waals surface area contributed by atoms with Crippen LogP contribution in [0.2, 0.25) is 0 Å². The monoisotopic (exact) mass is 265 g/mol. The Hall–Kier alpha value is -0.680. The van der Waals surface area contributed by atoms with Crippen LogP contribution in [0.4, 0.5) is 5.13 Å². The molecule has 1 heterocycles. The van der Waals surface area contributed by atoms with Crippen LogP contribution in [0.3, 0.4) is 0 Å². The maximum Gasteiger partial charge on any atom is 0.203 e. The Morgan fingerprint density at radius 3 is 2.22 bits per heavy atom. The van der Waals surface area contributed by atoms with Crippen molar-refractivity contribution in [2.75, 3.05) is 5.73 Å². The van der Waals surface area contributed by atoms with E-state index in [0.29, 0.717) is 11.7 Å². The van der Waals surface area contributed by atoms with E-state index in [-0.39, 0.29) is 5.60 Å².